The minimum Gasteiger partial charge on any atom is -0.399 e. The molecule has 0 saturated heterocycles. The third-order valence-corrected chi connectivity index (χ3v) is 5.35. The first-order chi connectivity index (χ1) is 6.35. The summed E-state index contributed by atoms with van der Waals surface area (Å²) in [5.74, 6) is 0. The van der Waals surface area contributed by atoms with E-state index in [1.807, 2.05) is 22.6 Å². The van der Waals surface area contributed by atoms with Crippen LogP contribution in [0.3, 0.4) is 0 Å². The first kappa shape index (κ1) is 11.8. The highest BCUT2D eigenvalue weighted by Gasteiger charge is 2.21. The normalized spacial score (nSPS) is 12.0. The summed E-state index contributed by atoms with van der Waals surface area (Å²) in [6.45, 7) is 3.34. The number of hydrogen-bond acceptors (Lipinski definition) is 3. The van der Waals surface area contributed by atoms with Gasteiger partial charge in [-0.2, -0.15) is 0 Å². The molecule has 0 unspecified atom stereocenters. The van der Waals surface area contributed by atoms with Crippen molar-refractivity contribution in [2.75, 3.05) is 5.73 Å². The largest absolute Gasteiger partial charge is 0.399 e. The van der Waals surface area contributed by atoms with E-state index >= 15 is 0 Å². The van der Waals surface area contributed by atoms with E-state index in [9.17, 15) is 8.42 Å². The number of halogens is 1. The minimum absolute atomic E-state index is 0.363. The highest BCUT2D eigenvalue weighted by Crippen LogP contribution is 2.23. The molecule has 5 heteroatoms. The molecule has 0 spiro atoms. The summed E-state index contributed by atoms with van der Waals surface area (Å²) in [5, 5.41) is -0.403. The molecule has 0 radical (unpaired) electrons. The number of sulfone groups is 1. The molecule has 0 aromatic heterocycles. The molecule has 0 aliphatic heterocycles. The van der Waals surface area contributed by atoms with Crippen molar-refractivity contribution in [1.29, 1.82) is 0 Å². The summed E-state index contributed by atoms with van der Waals surface area (Å²) >= 11 is 1.99. The van der Waals surface area contributed by atoms with Crippen molar-refractivity contribution < 1.29 is 8.42 Å². The first-order valence-corrected chi connectivity index (χ1v) is 6.77. The molecule has 0 bridgehead atoms. The summed E-state index contributed by atoms with van der Waals surface area (Å²) < 4.78 is 24.3. The standard InChI is InChI=1S/C9H12INO2S/c1-6(2)14(12,13)9-4-3-7(11)5-8(9)10/h3-6H,11H2,1-2H3. The van der Waals surface area contributed by atoms with Crippen LogP contribution in [0.4, 0.5) is 5.69 Å². The smallest absolute Gasteiger partial charge is 0.181 e. The van der Waals surface area contributed by atoms with E-state index in [0.29, 0.717) is 14.2 Å². The molecule has 0 saturated carbocycles. The van der Waals surface area contributed by atoms with Crippen molar-refractivity contribution >= 4 is 38.1 Å². The van der Waals surface area contributed by atoms with E-state index in [2.05, 4.69) is 0 Å². The third-order valence-electron chi connectivity index (χ3n) is 1.88. The molecule has 1 rings (SSSR count). The predicted octanol–water partition coefficient (Wildman–Crippen LogP) is 2.06. The van der Waals surface area contributed by atoms with Gasteiger partial charge < -0.3 is 5.73 Å². The van der Waals surface area contributed by atoms with Crippen LogP contribution < -0.4 is 5.73 Å². The highest BCUT2D eigenvalue weighted by atomic mass is 127. The quantitative estimate of drug-likeness (QED) is 0.669. The predicted molar refractivity (Wildman–Crippen MR) is 65.9 cm³/mol. The number of hydrogen-bond donors (Lipinski definition) is 1. The lowest BCUT2D eigenvalue weighted by Crippen LogP contribution is -2.15. The fourth-order valence-corrected chi connectivity index (χ4v) is 3.56. The summed E-state index contributed by atoms with van der Waals surface area (Å²) in [5.41, 5.74) is 6.13. The molecular weight excluding hydrogens is 313 g/mol. The summed E-state index contributed by atoms with van der Waals surface area (Å²) in [6.07, 6.45) is 0. The number of rotatable bonds is 2. The van der Waals surface area contributed by atoms with Crippen molar-refractivity contribution in [2.24, 2.45) is 0 Å². The Kier molecular flexibility index (Phi) is 3.41. The van der Waals surface area contributed by atoms with Crippen LogP contribution in [0, 0.1) is 3.57 Å². The van der Waals surface area contributed by atoms with Gasteiger partial charge in [-0.15, -0.1) is 0 Å². The van der Waals surface area contributed by atoms with Gasteiger partial charge in [0.2, 0.25) is 0 Å². The van der Waals surface area contributed by atoms with Gasteiger partial charge in [0.05, 0.1) is 10.1 Å². The zero-order chi connectivity index (χ0) is 10.9. The molecule has 2 N–H and O–H groups in total. The number of anilines is 1. The van der Waals surface area contributed by atoms with E-state index in [0.717, 1.165) is 0 Å². The minimum atomic E-state index is -3.19. The Balaban J connectivity index is 3.35. The average Bonchev–Trinajstić information content (AvgIpc) is 2.02. The van der Waals surface area contributed by atoms with Gasteiger partial charge in [0.25, 0.3) is 0 Å². The van der Waals surface area contributed by atoms with Gasteiger partial charge in [0.15, 0.2) is 9.84 Å². The van der Waals surface area contributed by atoms with E-state index in [4.69, 9.17) is 5.73 Å². The molecule has 0 fully saturated rings. The van der Waals surface area contributed by atoms with Crippen LogP contribution in [0.25, 0.3) is 0 Å². The average molecular weight is 325 g/mol. The lowest BCUT2D eigenvalue weighted by Gasteiger charge is -2.09. The molecule has 3 nitrogen and oxygen atoms in total. The van der Waals surface area contributed by atoms with Crippen LogP contribution in [-0.4, -0.2) is 13.7 Å². The number of nitrogen functional groups attached to an aromatic ring is 1. The van der Waals surface area contributed by atoms with Crippen LogP contribution in [0.15, 0.2) is 23.1 Å². The van der Waals surface area contributed by atoms with Crippen LogP contribution in [0.2, 0.25) is 0 Å². The van der Waals surface area contributed by atoms with Gasteiger partial charge in [-0.3, -0.25) is 0 Å². The summed E-state index contributed by atoms with van der Waals surface area (Å²) in [6, 6.07) is 4.83. The lowest BCUT2D eigenvalue weighted by atomic mass is 10.3. The van der Waals surface area contributed by atoms with Crippen molar-refractivity contribution in [3.05, 3.63) is 21.8 Å². The monoisotopic (exact) mass is 325 g/mol. The number of benzene rings is 1. The van der Waals surface area contributed by atoms with Crippen LogP contribution in [-0.2, 0) is 9.84 Å². The topological polar surface area (TPSA) is 60.2 Å². The molecule has 0 heterocycles. The molecule has 0 aliphatic rings. The maximum atomic E-state index is 11.8. The van der Waals surface area contributed by atoms with Gasteiger partial charge in [0.1, 0.15) is 0 Å². The Morgan fingerprint density at radius 3 is 2.36 bits per heavy atom. The van der Waals surface area contributed by atoms with Gasteiger partial charge in [-0.1, -0.05) is 0 Å². The van der Waals surface area contributed by atoms with Gasteiger partial charge in [-0.05, 0) is 54.6 Å². The fourth-order valence-electron chi connectivity index (χ4n) is 1.00. The van der Waals surface area contributed by atoms with Crippen molar-refractivity contribution in [1.82, 2.24) is 0 Å². The molecular formula is C9H12INO2S. The van der Waals surface area contributed by atoms with Gasteiger partial charge in [-0.25, -0.2) is 8.42 Å². The van der Waals surface area contributed by atoms with E-state index in [-0.39, 0.29) is 0 Å². The maximum Gasteiger partial charge on any atom is 0.181 e. The van der Waals surface area contributed by atoms with Crippen molar-refractivity contribution in [3.63, 3.8) is 0 Å². The zero-order valence-corrected chi connectivity index (χ0v) is 11.0. The molecule has 0 atom stereocenters. The Morgan fingerprint density at radius 1 is 1.36 bits per heavy atom. The first-order valence-electron chi connectivity index (χ1n) is 4.14. The second-order valence-electron chi connectivity index (χ2n) is 3.28. The summed E-state index contributed by atoms with van der Waals surface area (Å²) in [7, 11) is -3.19. The zero-order valence-electron chi connectivity index (χ0n) is 7.99. The van der Waals surface area contributed by atoms with Crippen molar-refractivity contribution in [3.8, 4) is 0 Å². The van der Waals surface area contributed by atoms with Gasteiger partial charge in [0, 0.05) is 9.26 Å². The molecule has 0 amide bonds. The second-order valence-corrected chi connectivity index (χ2v) is 6.92. The third kappa shape index (κ3) is 2.20. The SMILES string of the molecule is CC(C)S(=O)(=O)c1ccc(N)cc1I. The summed E-state index contributed by atoms with van der Waals surface area (Å²) in [4.78, 5) is 0.363. The second kappa shape index (κ2) is 4.06. The molecule has 1 aromatic carbocycles. The van der Waals surface area contributed by atoms with E-state index < -0.39 is 15.1 Å². The molecule has 0 aliphatic carbocycles. The molecule has 14 heavy (non-hydrogen) atoms. The Bertz CT molecular complexity index is 440. The lowest BCUT2D eigenvalue weighted by molar-refractivity contribution is 0.587. The Morgan fingerprint density at radius 2 is 1.93 bits per heavy atom. The number of nitrogens with two attached hydrogens (primary N) is 1. The van der Waals surface area contributed by atoms with Crippen LogP contribution in [0.5, 0.6) is 0 Å². The fraction of sp³-hybridized carbons (Fsp3) is 0.333. The Hall–Kier alpha value is -0.300. The maximum absolute atomic E-state index is 11.8. The van der Waals surface area contributed by atoms with Crippen LogP contribution >= 0.6 is 22.6 Å². The van der Waals surface area contributed by atoms with E-state index in [1.165, 1.54) is 0 Å². The molecule has 1 aromatic rings. The molecule has 78 valence electrons. The van der Waals surface area contributed by atoms with E-state index in [1.54, 1.807) is 32.0 Å². The van der Waals surface area contributed by atoms with Crippen LogP contribution in [0.1, 0.15) is 13.8 Å². The highest BCUT2D eigenvalue weighted by molar-refractivity contribution is 14.1. The van der Waals surface area contributed by atoms with Gasteiger partial charge >= 0.3 is 0 Å². The van der Waals surface area contributed by atoms with Crippen molar-refractivity contribution in [2.45, 2.75) is 24.0 Å². The Labute approximate surface area is 97.8 Å².